The van der Waals surface area contributed by atoms with Gasteiger partial charge in [-0.3, -0.25) is 4.90 Å². The number of fused-ring (bicyclic) bond motifs is 1. The third kappa shape index (κ3) is 2.67. The highest BCUT2D eigenvalue weighted by Gasteiger charge is 2.55. The molecule has 2 aliphatic heterocycles. The molecule has 1 spiro atoms. The number of amides is 1. The van der Waals surface area contributed by atoms with Crippen LogP contribution in [0.4, 0.5) is 23.7 Å². The molecule has 2 aliphatic rings. The first-order valence-electron chi connectivity index (χ1n) is 7.34. The first-order chi connectivity index (χ1) is 10.5. The van der Waals surface area contributed by atoms with E-state index in [0.717, 1.165) is 6.07 Å². The average molecular weight is 329 g/mol. The minimum atomic E-state index is -4.46. The number of ether oxygens (including phenoxy) is 2. The molecule has 0 radical (unpaired) electrons. The third-order valence-electron chi connectivity index (χ3n) is 4.00. The first-order valence-corrected chi connectivity index (χ1v) is 7.34. The van der Waals surface area contributed by atoms with E-state index in [-0.39, 0.29) is 30.9 Å². The Balaban J connectivity index is 2.05. The molecule has 1 aromatic carbocycles. The lowest BCUT2D eigenvalue weighted by Crippen LogP contribution is -2.63. The second-order valence-electron chi connectivity index (χ2n) is 7.01. The molecule has 126 valence electrons. The van der Waals surface area contributed by atoms with Gasteiger partial charge < -0.3 is 9.47 Å². The van der Waals surface area contributed by atoms with Crippen LogP contribution < -0.4 is 4.90 Å². The molecule has 0 atom stereocenters. The van der Waals surface area contributed by atoms with Crippen molar-refractivity contribution in [1.29, 1.82) is 0 Å². The second kappa shape index (κ2) is 4.87. The summed E-state index contributed by atoms with van der Waals surface area (Å²) in [7, 11) is 0. The molecule has 7 heteroatoms. The van der Waals surface area contributed by atoms with Crippen LogP contribution in [0.25, 0.3) is 0 Å². The van der Waals surface area contributed by atoms with Gasteiger partial charge in [0.05, 0.1) is 24.5 Å². The molecule has 1 saturated heterocycles. The van der Waals surface area contributed by atoms with Crippen molar-refractivity contribution < 1.29 is 27.4 Å². The van der Waals surface area contributed by atoms with E-state index < -0.39 is 29.0 Å². The van der Waals surface area contributed by atoms with Crippen LogP contribution in [0, 0.1) is 0 Å². The van der Waals surface area contributed by atoms with Crippen LogP contribution in [-0.2, 0) is 22.1 Å². The average Bonchev–Trinajstić information content (AvgIpc) is 2.69. The molecule has 3 rings (SSSR count). The van der Waals surface area contributed by atoms with E-state index in [2.05, 4.69) is 0 Å². The standard InChI is InChI=1S/C16H18F3NO3/c1-14(2,3)23-13(21)20-12-6-4-5-11(16(17,18)19)10(12)7-15(20)8-22-9-15/h4-6H,7-9H2,1-3H3. The highest BCUT2D eigenvalue weighted by atomic mass is 19.4. The molecule has 4 nitrogen and oxygen atoms in total. The van der Waals surface area contributed by atoms with E-state index in [4.69, 9.17) is 9.47 Å². The molecule has 23 heavy (non-hydrogen) atoms. The van der Waals surface area contributed by atoms with Crippen LogP contribution in [0.1, 0.15) is 31.9 Å². The Morgan fingerprint density at radius 1 is 1.26 bits per heavy atom. The van der Waals surface area contributed by atoms with E-state index in [9.17, 15) is 18.0 Å². The van der Waals surface area contributed by atoms with E-state index in [1.807, 2.05) is 0 Å². The monoisotopic (exact) mass is 329 g/mol. The molecule has 1 fully saturated rings. The Morgan fingerprint density at radius 2 is 1.91 bits per heavy atom. The normalized spacial score (nSPS) is 19.5. The van der Waals surface area contributed by atoms with Gasteiger partial charge in [-0.2, -0.15) is 13.2 Å². The number of anilines is 1. The Morgan fingerprint density at radius 3 is 2.39 bits per heavy atom. The zero-order valence-corrected chi connectivity index (χ0v) is 13.2. The summed E-state index contributed by atoms with van der Waals surface area (Å²) >= 11 is 0. The summed E-state index contributed by atoms with van der Waals surface area (Å²) in [4.78, 5) is 13.9. The Labute approximate surface area is 132 Å². The van der Waals surface area contributed by atoms with Gasteiger partial charge >= 0.3 is 12.3 Å². The van der Waals surface area contributed by atoms with Crippen molar-refractivity contribution in [1.82, 2.24) is 0 Å². The summed E-state index contributed by atoms with van der Waals surface area (Å²) in [6, 6.07) is 3.89. The Bertz CT molecular complexity index is 645. The van der Waals surface area contributed by atoms with Gasteiger partial charge in [-0.1, -0.05) is 6.07 Å². The van der Waals surface area contributed by atoms with Crippen molar-refractivity contribution in [2.75, 3.05) is 18.1 Å². The van der Waals surface area contributed by atoms with E-state index in [1.165, 1.54) is 17.0 Å². The summed E-state index contributed by atoms with van der Waals surface area (Å²) in [5.41, 5.74) is -1.81. The number of benzene rings is 1. The predicted octanol–water partition coefficient (Wildman–Crippen LogP) is 3.77. The molecule has 1 aromatic rings. The predicted molar refractivity (Wildman–Crippen MR) is 77.4 cm³/mol. The summed E-state index contributed by atoms with van der Waals surface area (Å²) < 4.78 is 50.3. The molecule has 0 bridgehead atoms. The summed E-state index contributed by atoms with van der Waals surface area (Å²) in [6.07, 6.45) is -4.97. The van der Waals surface area contributed by atoms with Crippen LogP contribution in [0.15, 0.2) is 18.2 Å². The van der Waals surface area contributed by atoms with E-state index >= 15 is 0 Å². The summed E-state index contributed by atoms with van der Waals surface area (Å²) in [5, 5.41) is 0. The number of hydrogen-bond donors (Lipinski definition) is 0. The number of carbonyl (C=O) groups excluding carboxylic acids is 1. The van der Waals surface area contributed by atoms with Gasteiger partial charge in [0.2, 0.25) is 0 Å². The smallest absolute Gasteiger partial charge is 0.416 e. The quantitative estimate of drug-likeness (QED) is 0.727. The van der Waals surface area contributed by atoms with Crippen LogP contribution >= 0.6 is 0 Å². The van der Waals surface area contributed by atoms with E-state index in [0.29, 0.717) is 0 Å². The zero-order valence-electron chi connectivity index (χ0n) is 13.2. The fourth-order valence-electron chi connectivity index (χ4n) is 3.07. The van der Waals surface area contributed by atoms with Crippen LogP contribution in [0.3, 0.4) is 0 Å². The SMILES string of the molecule is CC(C)(C)OC(=O)N1c2cccc(C(F)(F)F)c2CC12COC2. The fraction of sp³-hybridized carbons (Fsp3) is 0.562. The first kappa shape index (κ1) is 16.1. The molecule has 0 N–H and O–H groups in total. The maximum absolute atomic E-state index is 13.3. The second-order valence-corrected chi connectivity index (χ2v) is 7.01. The number of halogens is 3. The lowest BCUT2D eigenvalue weighted by molar-refractivity contribution is -0.138. The maximum Gasteiger partial charge on any atom is 0.416 e. The summed E-state index contributed by atoms with van der Waals surface area (Å²) in [6.45, 7) is 5.57. The number of rotatable bonds is 0. The van der Waals surface area contributed by atoms with Gasteiger partial charge in [0, 0.05) is 6.42 Å². The summed E-state index contributed by atoms with van der Waals surface area (Å²) in [5.74, 6) is 0. The van der Waals surface area contributed by atoms with Gasteiger partial charge in [-0.05, 0) is 38.5 Å². The number of alkyl halides is 3. The van der Waals surface area contributed by atoms with Gasteiger partial charge in [-0.15, -0.1) is 0 Å². The molecular weight excluding hydrogens is 311 g/mol. The van der Waals surface area contributed by atoms with Crippen molar-refractivity contribution in [3.8, 4) is 0 Å². The van der Waals surface area contributed by atoms with Crippen molar-refractivity contribution in [2.45, 2.75) is 44.5 Å². The van der Waals surface area contributed by atoms with E-state index in [1.54, 1.807) is 20.8 Å². The van der Waals surface area contributed by atoms with Crippen molar-refractivity contribution in [3.05, 3.63) is 29.3 Å². The van der Waals surface area contributed by atoms with Crippen molar-refractivity contribution in [2.24, 2.45) is 0 Å². The number of nitrogens with zero attached hydrogens (tertiary/aromatic N) is 1. The largest absolute Gasteiger partial charge is 0.443 e. The number of carbonyl (C=O) groups is 1. The highest BCUT2D eigenvalue weighted by molar-refractivity contribution is 5.93. The minimum Gasteiger partial charge on any atom is -0.443 e. The highest BCUT2D eigenvalue weighted by Crippen LogP contribution is 2.48. The molecule has 0 aromatic heterocycles. The molecule has 0 unspecified atom stereocenters. The molecule has 2 heterocycles. The maximum atomic E-state index is 13.3. The fourth-order valence-corrected chi connectivity index (χ4v) is 3.07. The number of hydrogen-bond acceptors (Lipinski definition) is 3. The van der Waals surface area contributed by atoms with Crippen LogP contribution in [0.2, 0.25) is 0 Å². The Kier molecular flexibility index (Phi) is 3.41. The zero-order chi connectivity index (χ0) is 17.0. The van der Waals surface area contributed by atoms with Crippen molar-refractivity contribution >= 4 is 11.8 Å². The van der Waals surface area contributed by atoms with Crippen LogP contribution in [-0.4, -0.2) is 30.4 Å². The van der Waals surface area contributed by atoms with Gasteiger partial charge in [0.15, 0.2) is 0 Å². The van der Waals surface area contributed by atoms with Crippen LogP contribution in [0.5, 0.6) is 0 Å². The molecule has 0 saturated carbocycles. The molecule has 1 amide bonds. The van der Waals surface area contributed by atoms with Gasteiger partial charge in [0.1, 0.15) is 11.1 Å². The van der Waals surface area contributed by atoms with Gasteiger partial charge in [-0.25, -0.2) is 4.79 Å². The lowest BCUT2D eigenvalue weighted by Gasteiger charge is -2.45. The third-order valence-corrected chi connectivity index (χ3v) is 4.00. The molecular formula is C16H18F3NO3. The minimum absolute atomic E-state index is 0.122. The lowest BCUT2D eigenvalue weighted by atomic mass is 9.90. The topological polar surface area (TPSA) is 38.8 Å². The Hall–Kier alpha value is -1.76. The molecule has 0 aliphatic carbocycles. The van der Waals surface area contributed by atoms with Gasteiger partial charge in [0.25, 0.3) is 0 Å². The van der Waals surface area contributed by atoms with Crippen molar-refractivity contribution in [3.63, 3.8) is 0 Å².